The van der Waals surface area contributed by atoms with E-state index in [0.29, 0.717) is 17.0 Å². The van der Waals surface area contributed by atoms with Crippen LogP contribution >= 0.6 is 11.6 Å². The normalized spacial score (nSPS) is 10.9. The lowest BCUT2D eigenvalue weighted by molar-refractivity contribution is 0.615. The standard InChI is InChI=1S/C10H10ClF/c1-2-3-4-8-5-6-9(11)7-10(8)12/h2-3,5-7H,4H2,1H3/b3-2+. The third-order valence-corrected chi connectivity index (χ3v) is 1.82. The molecular weight excluding hydrogens is 175 g/mol. The predicted octanol–water partition coefficient (Wildman–Crippen LogP) is 3.60. The summed E-state index contributed by atoms with van der Waals surface area (Å²) in [6, 6.07) is 4.74. The Labute approximate surface area is 76.7 Å². The number of hydrogen-bond acceptors (Lipinski definition) is 0. The topological polar surface area (TPSA) is 0 Å². The van der Waals surface area contributed by atoms with E-state index >= 15 is 0 Å². The molecule has 0 heterocycles. The third kappa shape index (κ3) is 2.35. The van der Waals surface area contributed by atoms with E-state index in [0.717, 1.165) is 0 Å². The first-order chi connectivity index (χ1) is 5.74. The van der Waals surface area contributed by atoms with Gasteiger partial charge in [0.15, 0.2) is 0 Å². The van der Waals surface area contributed by atoms with E-state index < -0.39 is 0 Å². The summed E-state index contributed by atoms with van der Waals surface area (Å²) < 4.78 is 13.1. The van der Waals surface area contributed by atoms with Crippen LogP contribution in [0.2, 0.25) is 5.02 Å². The van der Waals surface area contributed by atoms with Gasteiger partial charge >= 0.3 is 0 Å². The van der Waals surface area contributed by atoms with Crippen LogP contribution in [0.4, 0.5) is 4.39 Å². The van der Waals surface area contributed by atoms with E-state index in [4.69, 9.17) is 11.6 Å². The van der Waals surface area contributed by atoms with Gasteiger partial charge in [-0.2, -0.15) is 0 Å². The van der Waals surface area contributed by atoms with Crippen molar-refractivity contribution in [2.45, 2.75) is 13.3 Å². The van der Waals surface area contributed by atoms with Crippen LogP contribution in [0.5, 0.6) is 0 Å². The number of rotatable bonds is 2. The summed E-state index contributed by atoms with van der Waals surface area (Å²) in [5.74, 6) is -0.236. The largest absolute Gasteiger partial charge is 0.207 e. The molecule has 12 heavy (non-hydrogen) atoms. The Morgan fingerprint density at radius 1 is 1.50 bits per heavy atom. The van der Waals surface area contributed by atoms with Crippen LogP contribution in [-0.2, 0) is 6.42 Å². The Morgan fingerprint density at radius 2 is 2.25 bits per heavy atom. The highest BCUT2D eigenvalue weighted by atomic mass is 35.5. The Kier molecular flexibility index (Phi) is 3.30. The van der Waals surface area contributed by atoms with Gasteiger partial charge in [-0.1, -0.05) is 29.8 Å². The zero-order chi connectivity index (χ0) is 8.97. The summed E-state index contributed by atoms with van der Waals surface area (Å²) in [4.78, 5) is 0. The summed E-state index contributed by atoms with van der Waals surface area (Å²) in [5, 5.41) is 0.441. The van der Waals surface area contributed by atoms with Crippen molar-refractivity contribution in [3.63, 3.8) is 0 Å². The van der Waals surface area contributed by atoms with Crippen molar-refractivity contribution < 1.29 is 4.39 Å². The van der Waals surface area contributed by atoms with Crippen molar-refractivity contribution in [1.29, 1.82) is 0 Å². The number of hydrogen-bond donors (Lipinski definition) is 0. The second-order valence-electron chi connectivity index (χ2n) is 2.51. The van der Waals surface area contributed by atoms with Crippen LogP contribution in [-0.4, -0.2) is 0 Å². The molecule has 0 saturated carbocycles. The summed E-state index contributed by atoms with van der Waals surface area (Å²) in [6.45, 7) is 1.91. The molecule has 0 aliphatic heterocycles. The molecule has 0 bridgehead atoms. The molecule has 0 radical (unpaired) electrons. The Balaban J connectivity index is 2.86. The molecule has 64 valence electrons. The zero-order valence-electron chi connectivity index (χ0n) is 6.85. The second-order valence-corrected chi connectivity index (χ2v) is 2.95. The van der Waals surface area contributed by atoms with Gasteiger partial charge in [0.05, 0.1) is 0 Å². The van der Waals surface area contributed by atoms with E-state index in [-0.39, 0.29) is 5.82 Å². The van der Waals surface area contributed by atoms with Crippen LogP contribution in [0.3, 0.4) is 0 Å². The number of halogens is 2. The number of benzene rings is 1. The van der Waals surface area contributed by atoms with E-state index in [1.54, 1.807) is 12.1 Å². The van der Waals surface area contributed by atoms with Crippen molar-refractivity contribution in [3.8, 4) is 0 Å². The maximum Gasteiger partial charge on any atom is 0.128 e. The van der Waals surface area contributed by atoms with Gasteiger partial charge in [0.2, 0.25) is 0 Å². The van der Waals surface area contributed by atoms with Gasteiger partial charge in [0, 0.05) is 5.02 Å². The van der Waals surface area contributed by atoms with Crippen LogP contribution in [0.1, 0.15) is 12.5 Å². The SMILES string of the molecule is C/C=C/Cc1ccc(Cl)cc1F. The van der Waals surface area contributed by atoms with Gasteiger partial charge in [-0.05, 0) is 31.0 Å². The van der Waals surface area contributed by atoms with Crippen LogP contribution < -0.4 is 0 Å². The lowest BCUT2D eigenvalue weighted by atomic mass is 10.1. The fraction of sp³-hybridized carbons (Fsp3) is 0.200. The summed E-state index contributed by atoms with van der Waals surface area (Å²) >= 11 is 5.59. The molecule has 0 unspecified atom stereocenters. The van der Waals surface area contributed by atoms with Crippen molar-refractivity contribution in [2.75, 3.05) is 0 Å². The fourth-order valence-electron chi connectivity index (χ4n) is 0.932. The maximum atomic E-state index is 13.1. The first-order valence-corrected chi connectivity index (χ1v) is 4.17. The van der Waals surface area contributed by atoms with Crippen LogP contribution in [0.15, 0.2) is 30.4 Å². The van der Waals surface area contributed by atoms with Crippen LogP contribution in [0.25, 0.3) is 0 Å². The molecule has 0 saturated heterocycles. The fourth-order valence-corrected chi connectivity index (χ4v) is 1.09. The number of allylic oxidation sites excluding steroid dienone is 2. The molecule has 0 atom stereocenters. The van der Waals surface area contributed by atoms with Gasteiger partial charge in [0.1, 0.15) is 5.82 Å². The molecule has 0 aliphatic rings. The predicted molar refractivity (Wildman–Crippen MR) is 49.9 cm³/mol. The maximum absolute atomic E-state index is 13.1. The molecule has 1 rings (SSSR count). The average Bonchev–Trinajstić information content (AvgIpc) is 2.03. The van der Waals surface area contributed by atoms with Gasteiger partial charge in [-0.3, -0.25) is 0 Å². The first-order valence-electron chi connectivity index (χ1n) is 3.79. The summed E-state index contributed by atoms with van der Waals surface area (Å²) in [7, 11) is 0. The highest BCUT2D eigenvalue weighted by Crippen LogP contribution is 2.15. The van der Waals surface area contributed by atoms with Crippen molar-refractivity contribution in [2.24, 2.45) is 0 Å². The zero-order valence-corrected chi connectivity index (χ0v) is 7.61. The molecule has 0 aliphatic carbocycles. The van der Waals surface area contributed by atoms with Gasteiger partial charge in [-0.25, -0.2) is 4.39 Å². The lowest BCUT2D eigenvalue weighted by Crippen LogP contribution is -1.86. The Morgan fingerprint density at radius 3 is 2.83 bits per heavy atom. The molecule has 0 nitrogen and oxygen atoms in total. The second kappa shape index (κ2) is 4.27. The van der Waals surface area contributed by atoms with E-state index in [1.165, 1.54) is 6.07 Å². The van der Waals surface area contributed by atoms with Gasteiger partial charge in [-0.15, -0.1) is 0 Å². The van der Waals surface area contributed by atoms with Gasteiger partial charge in [0.25, 0.3) is 0 Å². The minimum absolute atomic E-state index is 0.236. The average molecular weight is 185 g/mol. The van der Waals surface area contributed by atoms with Crippen LogP contribution in [0, 0.1) is 5.82 Å². The third-order valence-electron chi connectivity index (χ3n) is 1.59. The Hall–Kier alpha value is -0.820. The summed E-state index contributed by atoms with van der Waals surface area (Å²) in [6.07, 6.45) is 4.43. The lowest BCUT2D eigenvalue weighted by Gasteiger charge is -1.98. The molecular formula is C10H10ClF. The van der Waals surface area contributed by atoms with Crippen molar-refractivity contribution >= 4 is 11.6 Å². The monoisotopic (exact) mass is 184 g/mol. The molecule has 2 heteroatoms. The van der Waals surface area contributed by atoms with E-state index in [9.17, 15) is 4.39 Å². The summed E-state index contributed by atoms with van der Waals surface area (Å²) in [5.41, 5.74) is 0.678. The minimum Gasteiger partial charge on any atom is -0.207 e. The molecule has 0 aromatic heterocycles. The molecule has 1 aromatic carbocycles. The first kappa shape index (κ1) is 9.27. The Bertz CT molecular complexity index is 292. The highest BCUT2D eigenvalue weighted by molar-refractivity contribution is 6.30. The van der Waals surface area contributed by atoms with E-state index in [2.05, 4.69) is 0 Å². The van der Waals surface area contributed by atoms with Gasteiger partial charge < -0.3 is 0 Å². The molecule has 0 fully saturated rings. The smallest absolute Gasteiger partial charge is 0.128 e. The molecule has 0 amide bonds. The van der Waals surface area contributed by atoms with Crippen molar-refractivity contribution in [3.05, 3.63) is 46.8 Å². The quantitative estimate of drug-likeness (QED) is 0.617. The highest BCUT2D eigenvalue weighted by Gasteiger charge is 1.99. The molecule has 0 N–H and O–H groups in total. The van der Waals surface area contributed by atoms with E-state index in [1.807, 2.05) is 19.1 Å². The molecule has 1 aromatic rings. The van der Waals surface area contributed by atoms with Crippen molar-refractivity contribution in [1.82, 2.24) is 0 Å². The minimum atomic E-state index is -0.236. The molecule has 0 spiro atoms.